The van der Waals surface area contributed by atoms with Gasteiger partial charge in [0.1, 0.15) is 0 Å². The molecule has 3 aromatic rings. The molecule has 0 N–H and O–H groups in total. The van der Waals surface area contributed by atoms with Crippen LogP contribution in [0.5, 0.6) is 5.75 Å². The molecule has 0 fully saturated rings. The Morgan fingerprint density at radius 2 is 1.39 bits per heavy atom. The molecule has 0 spiro atoms. The van der Waals surface area contributed by atoms with Gasteiger partial charge in [0.2, 0.25) is 0 Å². The summed E-state index contributed by atoms with van der Waals surface area (Å²) >= 11 is -2.35. The summed E-state index contributed by atoms with van der Waals surface area (Å²) in [6, 6.07) is 28.7. The van der Waals surface area contributed by atoms with Gasteiger partial charge < -0.3 is 0 Å². The van der Waals surface area contributed by atoms with Crippen molar-refractivity contribution in [2.45, 2.75) is 52.2 Å². The second kappa shape index (κ2) is 12.7. The molecular formula is C31H38Cl2OSiTi. The van der Waals surface area contributed by atoms with Crippen LogP contribution in [0.2, 0.25) is 18.1 Å². The smallest absolute Gasteiger partial charge is 0.147 e. The first kappa shape index (κ1) is 30.5. The van der Waals surface area contributed by atoms with Gasteiger partial charge in [-0.15, -0.1) is 24.8 Å². The van der Waals surface area contributed by atoms with Gasteiger partial charge >= 0.3 is 214 Å². The number of halogens is 2. The van der Waals surface area contributed by atoms with E-state index in [1.807, 2.05) is 0 Å². The second-order valence-corrected chi connectivity index (χ2v) is 19.2. The van der Waals surface area contributed by atoms with E-state index in [0.717, 1.165) is 12.2 Å². The van der Waals surface area contributed by atoms with Crippen LogP contribution in [0.15, 0.2) is 101 Å². The Morgan fingerprint density at radius 1 is 0.833 bits per heavy atom. The van der Waals surface area contributed by atoms with Crippen LogP contribution in [0.3, 0.4) is 0 Å². The topological polar surface area (TPSA) is 9.23 Å². The van der Waals surface area contributed by atoms with Crippen molar-refractivity contribution in [3.8, 4) is 5.75 Å². The molecule has 1 nitrogen and oxygen atoms in total. The van der Waals surface area contributed by atoms with E-state index in [2.05, 4.69) is 138 Å². The molecule has 3 aromatic carbocycles. The minimum Gasteiger partial charge on any atom is -0.147 e. The summed E-state index contributed by atoms with van der Waals surface area (Å²) in [6.07, 6.45) is 7.73. The van der Waals surface area contributed by atoms with Crippen LogP contribution < -0.4 is 8.51 Å². The van der Waals surface area contributed by atoms with Crippen molar-refractivity contribution in [1.82, 2.24) is 0 Å². The van der Waals surface area contributed by atoms with Crippen molar-refractivity contribution in [3.63, 3.8) is 0 Å². The SMILES string of the molecule is Cc1cc([O][Ti]([C]2=CC=CC2)=[C](c2ccccc2)c2ccccc2)cc([Si](C)(C)C(C)(C)C)c1.Cl.Cl. The second-order valence-electron chi connectivity index (χ2n) is 10.8. The minimum absolute atomic E-state index is 0. The van der Waals surface area contributed by atoms with Crippen molar-refractivity contribution >= 4 is 41.9 Å². The largest absolute Gasteiger partial charge is 0.147 e. The van der Waals surface area contributed by atoms with E-state index in [0.29, 0.717) is 0 Å². The standard InChI is InChI=1S/C13H22OSi.C13H10.C5H5.2ClH.Ti/c1-10-7-11(14)9-12(8-10)15(5,6)13(2,3)4;1-3-7-12(8-4-1)11-13-9-5-2-6-10-13;1-2-4-5-3-1;;;/h7-9,14H,1-6H3;1-10H;1-3H,4H2;2*1H;/q;;;;;+1/p-1. The summed E-state index contributed by atoms with van der Waals surface area (Å²) in [7, 11) is -1.68. The van der Waals surface area contributed by atoms with E-state index < -0.39 is 25.9 Å². The maximum absolute atomic E-state index is 7.14. The predicted octanol–water partition coefficient (Wildman–Crippen LogP) is 8.58. The molecule has 0 bridgehead atoms. The quantitative estimate of drug-likeness (QED) is 0.269. The first-order chi connectivity index (χ1) is 16.2. The van der Waals surface area contributed by atoms with Gasteiger partial charge in [0.05, 0.1) is 0 Å². The molecule has 0 aliphatic heterocycles. The Kier molecular flexibility index (Phi) is 10.8. The van der Waals surface area contributed by atoms with Crippen LogP contribution in [-0.2, 0) is 17.8 Å². The number of hydrogen-bond donors (Lipinski definition) is 0. The van der Waals surface area contributed by atoms with Gasteiger partial charge in [-0.25, -0.2) is 0 Å². The molecule has 1 aliphatic carbocycles. The summed E-state index contributed by atoms with van der Waals surface area (Å²) in [6.45, 7) is 14.3. The van der Waals surface area contributed by atoms with Gasteiger partial charge in [0.15, 0.2) is 0 Å². The van der Waals surface area contributed by atoms with E-state index >= 15 is 0 Å². The van der Waals surface area contributed by atoms with E-state index in [4.69, 9.17) is 3.32 Å². The van der Waals surface area contributed by atoms with Crippen molar-refractivity contribution in [2.75, 3.05) is 0 Å². The molecule has 0 radical (unpaired) electrons. The zero-order valence-corrected chi connectivity index (χ0v) is 26.4. The van der Waals surface area contributed by atoms with Crippen LogP contribution >= 0.6 is 24.8 Å². The monoisotopic (exact) mass is 572 g/mol. The average molecular weight is 574 g/mol. The molecule has 0 amide bonds. The van der Waals surface area contributed by atoms with E-state index in [1.54, 1.807) is 0 Å². The fourth-order valence-corrected chi connectivity index (χ4v) is 9.82. The number of allylic oxidation sites excluding steroid dienone is 4. The summed E-state index contributed by atoms with van der Waals surface area (Å²) in [5.74, 6) is 1.03. The third kappa shape index (κ3) is 6.79. The summed E-state index contributed by atoms with van der Waals surface area (Å²) in [5.41, 5.74) is 3.83. The molecule has 4 rings (SSSR count). The Balaban J connectivity index is 0.00000228. The molecule has 0 heterocycles. The van der Waals surface area contributed by atoms with Crippen LogP contribution in [-0.4, -0.2) is 11.9 Å². The first-order valence-electron chi connectivity index (χ1n) is 12.2. The molecule has 0 saturated carbocycles. The molecule has 36 heavy (non-hydrogen) atoms. The van der Waals surface area contributed by atoms with Gasteiger partial charge in [-0.3, -0.25) is 0 Å². The van der Waals surface area contributed by atoms with Gasteiger partial charge in [-0.2, -0.15) is 0 Å². The fourth-order valence-electron chi connectivity index (χ4n) is 4.25. The molecule has 0 atom stereocenters. The number of rotatable bonds is 6. The zero-order valence-electron chi connectivity index (χ0n) is 22.2. The van der Waals surface area contributed by atoms with E-state index in [1.165, 1.54) is 29.6 Å². The molecular weight excluding hydrogens is 535 g/mol. The summed E-state index contributed by atoms with van der Waals surface area (Å²) in [4.78, 5) is 0. The Labute approximate surface area is 237 Å². The van der Waals surface area contributed by atoms with E-state index in [-0.39, 0.29) is 29.9 Å². The fraction of sp³-hybridized carbons (Fsp3) is 0.258. The molecule has 0 saturated heterocycles. The van der Waals surface area contributed by atoms with E-state index in [9.17, 15) is 0 Å². The van der Waals surface area contributed by atoms with Gasteiger partial charge in [-0.05, 0) is 0 Å². The van der Waals surface area contributed by atoms with Crippen LogP contribution in [0.1, 0.15) is 43.9 Å². The Bertz CT molecular complexity index is 1220. The number of aryl methyl sites for hydroxylation is 1. The normalized spacial score (nSPS) is 12.8. The molecule has 1 aliphatic rings. The van der Waals surface area contributed by atoms with Gasteiger partial charge in [0, 0.05) is 0 Å². The number of hydrogen-bond acceptors (Lipinski definition) is 1. The average Bonchev–Trinajstić information content (AvgIpc) is 3.34. The Hall–Kier alpha value is -1.68. The van der Waals surface area contributed by atoms with Crippen molar-refractivity contribution in [2.24, 2.45) is 0 Å². The maximum atomic E-state index is 7.14. The first-order valence-corrected chi connectivity index (χ1v) is 17.4. The third-order valence-electron chi connectivity index (χ3n) is 7.28. The van der Waals surface area contributed by atoms with Crippen molar-refractivity contribution < 1.29 is 21.1 Å². The molecule has 190 valence electrons. The van der Waals surface area contributed by atoms with Crippen molar-refractivity contribution in [3.05, 3.63) is 118 Å². The third-order valence-corrected chi connectivity index (χ3v) is 16.6. The van der Waals surface area contributed by atoms with Gasteiger partial charge in [0.25, 0.3) is 0 Å². The molecule has 0 unspecified atom stereocenters. The van der Waals surface area contributed by atoms with Crippen LogP contribution in [0, 0.1) is 6.92 Å². The Morgan fingerprint density at radius 3 is 1.86 bits per heavy atom. The van der Waals surface area contributed by atoms with Crippen LogP contribution in [0.4, 0.5) is 0 Å². The maximum Gasteiger partial charge on any atom is -0.147 e. The molecule has 5 heteroatoms. The summed E-state index contributed by atoms with van der Waals surface area (Å²) in [5, 5.41) is 1.76. The minimum atomic E-state index is -2.35. The molecule has 0 aromatic heterocycles. The predicted molar refractivity (Wildman–Crippen MR) is 161 cm³/mol. The summed E-state index contributed by atoms with van der Waals surface area (Å²) < 4.78 is 9.98. The number of benzene rings is 3. The van der Waals surface area contributed by atoms with Crippen LogP contribution in [0.25, 0.3) is 0 Å². The zero-order chi connectivity index (χ0) is 24.3. The van der Waals surface area contributed by atoms with Gasteiger partial charge in [-0.1, -0.05) is 0 Å². The van der Waals surface area contributed by atoms with Crippen molar-refractivity contribution in [1.29, 1.82) is 0 Å².